The highest BCUT2D eigenvalue weighted by atomic mass is 35.5. The second-order valence-electron chi connectivity index (χ2n) is 8.78. The number of rotatable bonds is 7. The van der Waals surface area contributed by atoms with Crippen molar-refractivity contribution < 1.29 is 15.7 Å². The molecule has 0 amide bonds. The monoisotopic (exact) mass is 584 g/mol. The number of thiazole rings is 1. The Labute approximate surface area is 239 Å². The molecule has 0 saturated carbocycles. The summed E-state index contributed by atoms with van der Waals surface area (Å²) in [6.07, 6.45) is 6.03. The molecular formula is C27H29ClN6O3S2. The first-order valence-corrected chi connectivity index (χ1v) is 14.1. The number of nitrogens with one attached hydrogen (secondary N) is 1. The maximum absolute atomic E-state index is 6.04. The molecule has 1 aliphatic rings. The van der Waals surface area contributed by atoms with Crippen LogP contribution in [0.4, 0.5) is 5.95 Å². The van der Waals surface area contributed by atoms with Gasteiger partial charge in [-0.1, -0.05) is 23.7 Å². The molecule has 1 atom stereocenters. The van der Waals surface area contributed by atoms with Gasteiger partial charge in [0.25, 0.3) is 0 Å². The zero-order valence-corrected chi connectivity index (χ0v) is 23.6. The third-order valence-corrected chi connectivity index (χ3v) is 8.35. The molecule has 1 aliphatic heterocycles. The highest BCUT2D eigenvalue weighted by Crippen LogP contribution is 2.35. The van der Waals surface area contributed by atoms with Crippen LogP contribution in [0.3, 0.4) is 0 Å². The van der Waals surface area contributed by atoms with E-state index in [1.54, 1.807) is 30.4 Å². The molecular weight excluding hydrogens is 556 g/mol. The maximum atomic E-state index is 6.04. The highest BCUT2D eigenvalue weighted by Gasteiger charge is 2.23. The highest BCUT2D eigenvalue weighted by molar-refractivity contribution is 7.97. The van der Waals surface area contributed by atoms with E-state index in [1.165, 1.54) is 4.90 Å². The Morgan fingerprint density at radius 3 is 2.77 bits per heavy atom. The van der Waals surface area contributed by atoms with Crippen molar-refractivity contribution in [3.63, 3.8) is 0 Å². The molecule has 1 saturated heterocycles. The van der Waals surface area contributed by atoms with Crippen LogP contribution in [-0.4, -0.2) is 60.9 Å². The molecule has 39 heavy (non-hydrogen) atoms. The molecule has 0 aliphatic carbocycles. The SMILES string of the molecule is COc1cccc(-c2nc3sccn3c2-c2ccnc(N[C@@H]3CCCN(Sc4ccc(Cl)cc4)C3)n2)c1.O.O. The van der Waals surface area contributed by atoms with Crippen molar-refractivity contribution in [2.45, 2.75) is 23.8 Å². The smallest absolute Gasteiger partial charge is 0.223 e. The van der Waals surface area contributed by atoms with E-state index in [0.717, 1.165) is 64.3 Å². The van der Waals surface area contributed by atoms with Gasteiger partial charge in [0.05, 0.1) is 18.5 Å². The van der Waals surface area contributed by atoms with E-state index >= 15 is 0 Å². The van der Waals surface area contributed by atoms with Crippen LogP contribution >= 0.6 is 34.9 Å². The van der Waals surface area contributed by atoms with Gasteiger partial charge in [0.1, 0.15) is 11.4 Å². The summed E-state index contributed by atoms with van der Waals surface area (Å²) in [7, 11) is 1.68. The minimum atomic E-state index is 0. The quantitative estimate of drug-likeness (QED) is 0.263. The predicted molar refractivity (Wildman–Crippen MR) is 159 cm³/mol. The summed E-state index contributed by atoms with van der Waals surface area (Å²) >= 11 is 9.41. The van der Waals surface area contributed by atoms with E-state index in [0.29, 0.717) is 5.95 Å². The van der Waals surface area contributed by atoms with Gasteiger partial charge < -0.3 is 21.0 Å². The van der Waals surface area contributed by atoms with Gasteiger partial charge in [0, 0.05) is 52.4 Å². The van der Waals surface area contributed by atoms with Gasteiger partial charge >= 0.3 is 0 Å². The number of ether oxygens (including phenoxy) is 1. The zero-order valence-electron chi connectivity index (χ0n) is 21.2. The Bertz CT molecular complexity index is 1530. The summed E-state index contributed by atoms with van der Waals surface area (Å²) < 4.78 is 9.94. The lowest BCUT2D eigenvalue weighted by Gasteiger charge is -2.32. The summed E-state index contributed by atoms with van der Waals surface area (Å²) in [6.45, 7) is 1.94. The fourth-order valence-electron chi connectivity index (χ4n) is 4.53. The number of halogens is 1. The summed E-state index contributed by atoms with van der Waals surface area (Å²) in [5, 5.41) is 6.38. The zero-order chi connectivity index (χ0) is 25.2. The van der Waals surface area contributed by atoms with Gasteiger partial charge in [-0.05, 0) is 67.3 Å². The van der Waals surface area contributed by atoms with Crippen LogP contribution in [-0.2, 0) is 0 Å². The summed E-state index contributed by atoms with van der Waals surface area (Å²) in [5.41, 5.74) is 3.63. The number of methoxy groups -OCH3 is 1. The average molecular weight is 585 g/mol. The summed E-state index contributed by atoms with van der Waals surface area (Å²) in [6, 6.07) is 18.2. The van der Waals surface area contributed by atoms with Gasteiger partial charge in [0.15, 0.2) is 4.96 Å². The molecule has 5 N–H and O–H groups in total. The van der Waals surface area contributed by atoms with E-state index in [4.69, 9.17) is 26.3 Å². The largest absolute Gasteiger partial charge is 0.497 e. The van der Waals surface area contributed by atoms with Crippen molar-refractivity contribution in [3.8, 4) is 28.4 Å². The Kier molecular flexibility index (Phi) is 9.44. The molecule has 0 spiro atoms. The number of piperidine rings is 1. The lowest BCUT2D eigenvalue weighted by molar-refractivity contribution is 0.355. The van der Waals surface area contributed by atoms with Gasteiger partial charge in [-0.2, -0.15) is 0 Å². The van der Waals surface area contributed by atoms with E-state index in [-0.39, 0.29) is 17.0 Å². The van der Waals surface area contributed by atoms with Crippen LogP contribution in [0.5, 0.6) is 5.75 Å². The fraction of sp³-hybridized carbons (Fsp3) is 0.222. The predicted octanol–water partition coefficient (Wildman–Crippen LogP) is 5.12. The third-order valence-electron chi connectivity index (χ3n) is 6.27. The first-order chi connectivity index (χ1) is 18.2. The van der Waals surface area contributed by atoms with E-state index in [1.807, 2.05) is 60.2 Å². The Morgan fingerprint density at radius 2 is 1.95 bits per heavy atom. The first-order valence-electron chi connectivity index (χ1n) is 12.0. The Hall–Kier alpha value is -3.19. The second-order valence-corrected chi connectivity index (χ2v) is 11.3. The van der Waals surface area contributed by atoms with Gasteiger partial charge in [-0.15, -0.1) is 11.3 Å². The van der Waals surface area contributed by atoms with E-state index in [9.17, 15) is 0 Å². The number of nitrogens with zero attached hydrogens (tertiary/aromatic N) is 5. The van der Waals surface area contributed by atoms with E-state index < -0.39 is 0 Å². The van der Waals surface area contributed by atoms with Gasteiger partial charge in [-0.3, -0.25) is 4.40 Å². The molecule has 1 fully saturated rings. The number of benzene rings is 2. The fourth-order valence-corrected chi connectivity index (χ4v) is 6.40. The standard InChI is InChI=1S/C27H25ClN6OS2.2H2O/c1-35-21-6-2-4-18(16-21)24-25(34-14-15-36-27(34)32-24)23-11-12-29-26(31-23)30-20-5-3-13-33(17-20)37-22-9-7-19(28)8-10-22;;/h2,4,6-12,14-16,20H,3,5,13,17H2,1H3,(H,29,30,31);2*1H2/t20-;;/m1../s1. The number of aromatic nitrogens is 4. The Balaban J connectivity index is 0.00000176. The lowest BCUT2D eigenvalue weighted by Crippen LogP contribution is -2.38. The van der Waals surface area contributed by atoms with Crippen LogP contribution in [0.15, 0.2) is 77.3 Å². The number of hydrogen-bond donors (Lipinski definition) is 1. The molecule has 5 aromatic rings. The first kappa shape index (κ1) is 28.8. The molecule has 2 aromatic carbocycles. The van der Waals surface area contributed by atoms with Crippen LogP contribution in [0, 0.1) is 0 Å². The number of hydrogen-bond acceptors (Lipinski definition) is 8. The van der Waals surface area contributed by atoms with Crippen LogP contribution < -0.4 is 10.1 Å². The molecule has 12 heteroatoms. The molecule has 0 radical (unpaired) electrons. The maximum Gasteiger partial charge on any atom is 0.223 e. The molecule has 0 unspecified atom stereocenters. The van der Waals surface area contributed by atoms with Crippen molar-refractivity contribution in [2.75, 3.05) is 25.5 Å². The van der Waals surface area contributed by atoms with Crippen LogP contribution in [0.1, 0.15) is 12.8 Å². The number of anilines is 1. The topological polar surface area (TPSA) is 131 Å². The molecule has 3 aromatic heterocycles. The molecule has 9 nitrogen and oxygen atoms in total. The summed E-state index contributed by atoms with van der Waals surface area (Å²) in [5.74, 6) is 1.42. The molecule has 204 valence electrons. The summed E-state index contributed by atoms with van der Waals surface area (Å²) in [4.78, 5) is 16.5. The number of imidazole rings is 1. The van der Waals surface area contributed by atoms with Crippen molar-refractivity contribution in [2.24, 2.45) is 0 Å². The van der Waals surface area contributed by atoms with Crippen molar-refractivity contribution in [3.05, 3.63) is 77.4 Å². The molecule has 4 heterocycles. The lowest BCUT2D eigenvalue weighted by atomic mass is 10.1. The van der Waals surface area contributed by atoms with Crippen LogP contribution in [0.25, 0.3) is 27.6 Å². The minimum Gasteiger partial charge on any atom is -0.497 e. The van der Waals surface area contributed by atoms with Gasteiger partial charge in [0.2, 0.25) is 5.95 Å². The van der Waals surface area contributed by atoms with Crippen molar-refractivity contribution in [1.82, 2.24) is 23.7 Å². The van der Waals surface area contributed by atoms with Crippen molar-refractivity contribution in [1.29, 1.82) is 0 Å². The molecule has 6 rings (SSSR count). The number of fused-ring (bicyclic) bond motifs is 1. The van der Waals surface area contributed by atoms with E-state index in [2.05, 4.69) is 31.1 Å². The average Bonchev–Trinajstić information content (AvgIpc) is 3.52. The third kappa shape index (κ3) is 6.35. The minimum absolute atomic E-state index is 0. The van der Waals surface area contributed by atoms with Gasteiger partial charge in [-0.25, -0.2) is 19.3 Å². The molecule has 0 bridgehead atoms. The normalized spacial score (nSPS) is 15.4. The second kappa shape index (κ2) is 12.8. The van der Waals surface area contributed by atoms with Crippen LogP contribution in [0.2, 0.25) is 5.02 Å². The van der Waals surface area contributed by atoms with Crippen molar-refractivity contribution >= 4 is 45.8 Å². The Morgan fingerprint density at radius 1 is 1.10 bits per heavy atom.